The number of hydrogen-bond acceptors (Lipinski definition) is 4. The normalized spacial score (nSPS) is 11.4. The van der Waals surface area contributed by atoms with Gasteiger partial charge >= 0.3 is 0 Å². The van der Waals surface area contributed by atoms with Crippen molar-refractivity contribution in [2.24, 2.45) is 0 Å². The molecule has 0 aliphatic heterocycles. The summed E-state index contributed by atoms with van der Waals surface area (Å²) in [4.78, 5) is 21.3. The SMILES string of the molecule is CC(C)Oc1ncc(C(=O)NCCc2nc3ccccc3n2C(C)C)cc1Cl. The summed E-state index contributed by atoms with van der Waals surface area (Å²) in [6, 6.07) is 9.93. The number of fused-ring (bicyclic) bond motifs is 1. The molecule has 1 N–H and O–H groups in total. The van der Waals surface area contributed by atoms with Crippen molar-refractivity contribution in [3.63, 3.8) is 0 Å². The predicted octanol–water partition coefficient (Wildman–Crippen LogP) is 4.43. The van der Waals surface area contributed by atoms with E-state index in [0.29, 0.717) is 29.4 Å². The number of para-hydroxylation sites is 2. The van der Waals surface area contributed by atoms with E-state index in [-0.39, 0.29) is 18.1 Å². The fourth-order valence-corrected chi connectivity index (χ4v) is 3.31. The summed E-state index contributed by atoms with van der Waals surface area (Å²) in [5.74, 6) is 1.06. The number of benzene rings is 1. The van der Waals surface area contributed by atoms with Crippen LogP contribution in [0.2, 0.25) is 5.02 Å². The number of amides is 1. The number of rotatable bonds is 7. The maximum Gasteiger partial charge on any atom is 0.252 e. The van der Waals surface area contributed by atoms with Gasteiger partial charge in [-0.2, -0.15) is 0 Å². The summed E-state index contributed by atoms with van der Waals surface area (Å²) in [5, 5.41) is 3.24. The van der Waals surface area contributed by atoms with Crippen LogP contribution in [0.3, 0.4) is 0 Å². The predicted molar refractivity (Wildman–Crippen MR) is 111 cm³/mol. The molecule has 7 heteroatoms. The molecule has 2 aromatic heterocycles. The number of halogens is 1. The molecule has 28 heavy (non-hydrogen) atoms. The highest BCUT2D eigenvalue weighted by atomic mass is 35.5. The number of nitrogens with zero attached hydrogens (tertiary/aromatic N) is 3. The van der Waals surface area contributed by atoms with Crippen molar-refractivity contribution in [3.8, 4) is 5.88 Å². The van der Waals surface area contributed by atoms with Crippen LogP contribution in [0.15, 0.2) is 36.5 Å². The fourth-order valence-electron chi connectivity index (χ4n) is 3.10. The second-order valence-corrected chi connectivity index (χ2v) is 7.57. The van der Waals surface area contributed by atoms with Crippen LogP contribution in [0.25, 0.3) is 11.0 Å². The van der Waals surface area contributed by atoms with E-state index in [1.54, 1.807) is 6.07 Å². The van der Waals surface area contributed by atoms with Crippen molar-refractivity contribution in [1.29, 1.82) is 0 Å². The number of aromatic nitrogens is 3. The number of nitrogens with one attached hydrogen (secondary N) is 1. The van der Waals surface area contributed by atoms with Crippen molar-refractivity contribution >= 4 is 28.5 Å². The Kier molecular flexibility index (Phi) is 6.19. The monoisotopic (exact) mass is 400 g/mol. The first-order valence-corrected chi connectivity index (χ1v) is 9.81. The second kappa shape index (κ2) is 8.61. The lowest BCUT2D eigenvalue weighted by atomic mass is 10.2. The highest BCUT2D eigenvalue weighted by Crippen LogP contribution is 2.24. The molecule has 0 saturated heterocycles. The molecule has 148 valence electrons. The van der Waals surface area contributed by atoms with E-state index in [1.165, 1.54) is 6.20 Å². The molecule has 0 bridgehead atoms. The molecular weight excluding hydrogens is 376 g/mol. The van der Waals surface area contributed by atoms with Gasteiger partial charge in [0, 0.05) is 25.2 Å². The number of hydrogen-bond donors (Lipinski definition) is 1. The number of imidazole rings is 1. The molecule has 0 spiro atoms. The zero-order valence-electron chi connectivity index (χ0n) is 16.6. The standard InChI is InChI=1S/C21H25ClN4O2/c1-13(2)26-18-8-6-5-7-17(18)25-19(26)9-10-23-20(27)15-11-16(22)21(24-12-15)28-14(3)4/h5-8,11-14H,9-10H2,1-4H3,(H,23,27). The number of carbonyl (C=O) groups is 1. The van der Waals surface area contributed by atoms with Crippen molar-refractivity contribution in [1.82, 2.24) is 19.9 Å². The molecular formula is C21H25ClN4O2. The van der Waals surface area contributed by atoms with Gasteiger partial charge in [0.1, 0.15) is 10.8 Å². The quantitative estimate of drug-likeness (QED) is 0.637. The van der Waals surface area contributed by atoms with Crippen LogP contribution in [0.5, 0.6) is 5.88 Å². The minimum atomic E-state index is -0.224. The van der Waals surface area contributed by atoms with E-state index in [9.17, 15) is 4.79 Å². The first-order valence-electron chi connectivity index (χ1n) is 9.43. The minimum Gasteiger partial charge on any atom is -0.474 e. The molecule has 0 unspecified atom stereocenters. The summed E-state index contributed by atoms with van der Waals surface area (Å²) in [6.45, 7) is 8.51. The first kappa shape index (κ1) is 20.1. The van der Waals surface area contributed by atoms with Crippen LogP contribution in [0.4, 0.5) is 0 Å². The molecule has 0 aliphatic carbocycles. The van der Waals surface area contributed by atoms with Gasteiger partial charge in [-0.3, -0.25) is 4.79 Å². The van der Waals surface area contributed by atoms with Gasteiger partial charge in [0.05, 0.1) is 22.7 Å². The molecule has 1 amide bonds. The molecule has 0 radical (unpaired) electrons. The summed E-state index contributed by atoms with van der Waals surface area (Å²) >= 11 is 6.17. The average molecular weight is 401 g/mol. The van der Waals surface area contributed by atoms with E-state index in [0.717, 1.165) is 16.9 Å². The van der Waals surface area contributed by atoms with Crippen molar-refractivity contribution < 1.29 is 9.53 Å². The van der Waals surface area contributed by atoms with E-state index >= 15 is 0 Å². The number of carbonyl (C=O) groups excluding carboxylic acids is 1. The molecule has 0 saturated carbocycles. The Morgan fingerprint density at radius 2 is 2.00 bits per heavy atom. The highest BCUT2D eigenvalue weighted by molar-refractivity contribution is 6.32. The topological polar surface area (TPSA) is 69.0 Å². The van der Waals surface area contributed by atoms with E-state index in [2.05, 4.69) is 34.8 Å². The molecule has 0 atom stereocenters. The van der Waals surface area contributed by atoms with Gasteiger partial charge < -0.3 is 14.6 Å². The minimum absolute atomic E-state index is 0.0371. The smallest absolute Gasteiger partial charge is 0.252 e. The van der Waals surface area contributed by atoms with Crippen molar-refractivity contribution in [2.45, 2.75) is 46.3 Å². The van der Waals surface area contributed by atoms with Crippen LogP contribution in [0.1, 0.15) is 49.9 Å². The number of pyridine rings is 1. The third kappa shape index (κ3) is 4.44. The van der Waals surface area contributed by atoms with Gasteiger partial charge in [-0.25, -0.2) is 9.97 Å². The van der Waals surface area contributed by atoms with E-state index in [1.807, 2.05) is 32.0 Å². The fraction of sp³-hybridized carbons (Fsp3) is 0.381. The lowest BCUT2D eigenvalue weighted by Gasteiger charge is -2.13. The van der Waals surface area contributed by atoms with Gasteiger partial charge in [0.2, 0.25) is 5.88 Å². The summed E-state index contributed by atoms with van der Waals surface area (Å²) < 4.78 is 7.70. The Morgan fingerprint density at radius 1 is 1.25 bits per heavy atom. The summed E-state index contributed by atoms with van der Waals surface area (Å²) in [5.41, 5.74) is 2.48. The van der Waals surface area contributed by atoms with Crippen molar-refractivity contribution in [3.05, 3.63) is 52.9 Å². The Labute approximate surface area is 169 Å². The second-order valence-electron chi connectivity index (χ2n) is 7.16. The third-order valence-corrected chi connectivity index (χ3v) is 4.51. The third-order valence-electron chi connectivity index (χ3n) is 4.24. The van der Waals surface area contributed by atoms with E-state index < -0.39 is 0 Å². The lowest BCUT2D eigenvalue weighted by molar-refractivity contribution is 0.0953. The Bertz CT molecular complexity index is 982. The van der Waals surface area contributed by atoms with Crippen LogP contribution in [-0.2, 0) is 6.42 Å². The lowest BCUT2D eigenvalue weighted by Crippen LogP contribution is -2.27. The zero-order valence-corrected chi connectivity index (χ0v) is 17.3. The molecule has 0 fully saturated rings. The Balaban J connectivity index is 1.67. The Hall–Kier alpha value is -2.60. The van der Waals surface area contributed by atoms with Gasteiger partial charge in [-0.05, 0) is 45.9 Å². The molecule has 3 rings (SSSR count). The van der Waals surface area contributed by atoms with Crippen LogP contribution < -0.4 is 10.1 Å². The average Bonchev–Trinajstić information content (AvgIpc) is 3.01. The van der Waals surface area contributed by atoms with Gasteiger partial charge in [-0.1, -0.05) is 23.7 Å². The summed E-state index contributed by atoms with van der Waals surface area (Å²) in [6.07, 6.45) is 2.07. The van der Waals surface area contributed by atoms with Gasteiger partial charge in [0.25, 0.3) is 5.91 Å². The van der Waals surface area contributed by atoms with Crippen LogP contribution in [-0.4, -0.2) is 33.1 Å². The molecule has 1 aromatic carbocycles. The van der Waals surface area contributed by atoms with Gasteiger partial charge in [0.15, 0.2) is 0 Å². The van der Waals surface area contributed by atoms with Crippen molar-refractivity contribution in [2.75, 3.05) is 6.54 Å². The number of ether oxygens (including phenoxy) is 1. The van der Waals surface area contributed by atoms with Crippen LogP contribution >= 0.6 is 11.6 Å². The van der Waals surface area contributed by atoms with E-state index in [4.69, 9.17) is 21.3 Å². The van der Waals surface area contributed by atoms with Crippen LogP contribution in [0, 0.1) is 0 Å². The highest BCUT2D eigenvalue weighted by Gasteiger charge is 2.15. The summed E-state index contributed by atoms with van der Waals surface area (Å²) in [7, 11) is 0. The first-order chi connectivity index (χ1) is 13.4. The van der Waals surface area contributed by atoms with Gasteiger partial charge in [-0.15, -0.1) is 0 Å². The largest absolute Gasteiger partial charge is 0.474 e. The maximum atomic E-state index is 12.4. The molecule has 3 aromatic rings. The maximum absolute atomic E-state index is 12.4. The molecule has 2 heterocycles. The Morgan fingerprint density at radius 3 is 2.68 bits per heavy atom. The molecule has 6 nitrogen and oxygen atoms in total. The molecule has 0 aliphatic rings. The zero-order chi connectivity index (χ0) is 20.3.